The van der Waals surface area contributed by atoms with Gasteiger partial charge in [-0.2, -0.15) is 0 Å². The van der Waals surface area contributed by atoms with E-state index in [2.05, 4.69) is 18.8 Å². The fraction of sp³-hybridized carbons (Fsp3) is 0.188. The third-order valence-corrected chi connectivity index (χ3v) is 4.22. The van der Waals surface area contributed by atoms with Gasteiger partial charge in [0.15, 0.2) is 5.11 Å². The Balaban J connectivity index is 2.28. The molecule has 0 atom stereocenters. The van der Waals surface area contributed by atoms with Crippen LogP contribution in [-0.2, 0) is 9.59 Å². The molecule has 6 heteroatoms. The zero-order valence-electron chi connectivity index (χ0n) is 12.2. The zero-order valence-corrected chi connectivity index (χ0v) is 13.8. The van der Waals surface area contributed by atoms with E-state index < -0.39 is 11.8 Å². The highest BCUT2D eigenvalue weighted by Crippen LogP contribution is 2.20. The second kappa shape index (κ2) is 7.38. The summed E-state index contributed by atoms with van der Waals surface area (Å²) < 4.78 is 0. The molecular weight excluding hydrogens is 316 g/mol. The van der Waals surface area contributed by atoms with E-state index in [1.807, 2.05) is 24.3 Å². The Hall–Kier alpha value is -1.92. The Morgan fingerprint density at radius 1 is 1.32 bits per heavy atom. The molecule has 4 nitrogen and oxygen atoms in total. The third-order valence-electron chi connectivity index (χ3n) is 3.00. The minimum Gasteiger partial charge on any atom is -0.298 e. The van der Waals surface area contributed by atoms with E-state index in [4.69, 9.17) is 12.2 Å². The van der Waals surface area contributed by atoms with E-state index in [0.29, 0.717) is 0 Å². The van der Waals surface area contributed by atoms with Crippen molar-refractivity contribution in [3.05, 3.63) is 48.1 Å². The van der Waals surface area contributed by atoms with E-state index >= 15 is 0 Å². The van der Waals surface area contributed by atoms with Crippen molar-refractivity contribution in [2.75, 3.05) is 12.3 Å². The van der Waals surface area contributed by atoms with Crippen LogP contribution in [0.25, 0.3) is 6.08 Å². The molecule has 0 aliphatic carbocycles. The zero-order chi connectivity index (χ0) is 16.1. The lowest BCUT2D eigenvalue weighted by atomic mass is 10.1. The van der Waals surface area contributed by atoms with Crippen LogP contribution in [0.1, 0.15) is 12.5 Å². The predicted octanol–water partition coefficient (Wildman–Crippen LogP) is 2.61. The van der Waals surface area contributed by atoms with E-state index in [1.165, 1.54) is 4.90 Å². The van der Waals surface area contributed by atoms with Gasteiger partial charge in [-0.1, -0.05) is 25.1 Å². The Morgan fingerprint density at radius 3 is 2.59 bits per heavy atom. The molecule has 1 aromatic rings. The maximum absolute atomic E-state index is 12.4. The largest absolute Gasteiger partial charge is 0.298 e. The SMILES string of the molecule is C=CCN1C(=O)/C(=C/c2ccc(SCC)cc2)C(=O)NC1=S. The van der Waals surface area contributed by atoms with Gasteiger partial charge in [-0.05, 0) is 41.7 Å². The summed E-state index contributed by atoms with van der Waals surface area (Å²) >= 11 is 6.74. The Kier molecular flexibility index (Phi) is 5.51. The molecule has 1 N–H and O–H groups in total. The number of thiocarbonyl (C=S) groups is 1. The highest BCUT2D eigenvalue weighted by Gasteiger charge is 2.32. The summed E-state index contributed by atoms with van der Waals surface area (Å²) in [7, 11) is 0. The molecule has 1 saturated heterocycles. The number of benzene rings is 1. The van der Waals surface area contributed by atoms with Gasteiger partial charge in [0.25, 0.3) is 11.8 Å². The van der Waals surface area contributed by atoms with Gasteiger partial charge in [0.05, 0.1) is 0 Å². The lowest BCUT2D eigenvalue weighted by Crippen LogP contribution is -2.53. The molecule has 2 rings (SSSR count). The Labute approximate surface area is 139 Å². The lowest BCUT2D eigenvalue weighted by molar-refractivity contribution is -0.128. The number of amides is 2. The van der Waals surface area contributed by atoms with Crippen molar-refractivity contribution >= 4 is 47.0 Å². The highest BCUT2D eigenvalue weighted by molar-refractivity contribution is 7.99. The van der Waals surface area contributed by atoms with E-state index in [0.717, 1.165) is 16.2 Å². The van der Waals surface area contributed by atoms with Crippen LogP contribution in [0.5, 0.6) is 0 Å². The number of rotatable bonds is 5. The molecule has 1 aromatic carbocycles. The fourth-order valence-electron chi connectivity index (χ4n) is 1.98. The van der Waals surface area contributed by atoms with Gasteiger partial charge in [-0.15, -0.1) is 18.3 Å². The maximum atomic E-state index is 12.4. The number of nitrogens with one attached hydrogen (secondary N) is 1. The molecule has 1 fully saturated rings. The van der Waals surface area contributed by atoms with Gasteiger partial charge >= 0.3 is 0 Å². The van der Waals surface area contributed by atoms with Gasteiger partial charge in [0, 0.05) is 11.4 Å². The first-order valence-corrected chi connectivity index (χ1v) is 8.18. The van der Waals surface area contributed by atoms with Crippen molar-refractivity contribution in [3.8, 4) is 0 Å². The molecule has 114 valence electrons. The monoisotopic (exact) mass is 332 g/mol. The van der Waals surface area contributed by atoms with Gasteiger partial charge in [0.2, 0.25) is 0 Å². The first-order chi connectivity index (χ1) is 10.6. The molecule has 0 aromatic heterocycles. The summed E-state index contributed by atoms with van der Waals surface area (Å²) in [5, 5.41) is 2.64. The first-order valence-electron chi connectivity index (χ1n) is 6.79. The molecule has 0 spiro atoms. The van der Waals surface area contributed by atoms with Gasteiger partial charge < -0.3 is 0 Å². The summed E-state index contributed by atoms with van der Waals surface area (Å²) in [6, 6.07) is 7.71. The van der Waals surface area contributed by atoms with Gasteiger partial charge in [-0.3, -0.25) is 19.8 Å². The van der Waals surface area contributed by atoms with E-state index in [9.17, 15) is 9.59 Å². The molecule has 0 unspecified atom stereocenters. The Morgan fingerprint density at radius 2 is 2.00 bits per heavy atom. The molecule has 0 saturated carbocycles. The normalized spacial score (nSPS) is 16.9. The summed E-state index contributed by atoms with van der Waals surface area (Å²) in [6.07, 6.45) is 3.14. The topological polar surface area (TPSA) is 49.4 Å². The lowest BCUT2D eigenvalue weighted by Gasteiger charge is -2.27. The maximum Gasteiger partial charge on any atom is 0.265 e. The molecule has 22 heavy (non-hydrogen) atoms. The van der Waals surface area contributed by atoms with Gasteiger partial charge in [0.1, 0.15) is 5.57 Å². The van der Waals surface area contributed by atoms with Crippen LogP contribution in [-0.4, -0.2) is 34.1 Å². The summed E-state index contributed by atoms with van der Waals surface area (Å²) in [6.45, 7) is 5.94. The average molecular weight is 332 g/mol. The van der Waals surface area contributed by atoms with Gasteiger partial charge in [-0.25, -0.2) is 0 Å². The van der Waals surface area contributed by atoms with Crippen LogP contribution in [0, 0.1) is 0 Å². The fourth-order valence-corrected chi connectivity index (χ4v) is 2.89. The van der Waals surface area contributed by atoms with Crippen LogP contribution in [0.3, 0.4) is 0 Å². The van der Waals surface area contributed by atoms with Crippen molar-refractivity contribution in [2.45, 2.75) is 11.8 Å². The van der Waals surface area contributed by atoms with Crippen LogP contribution >= 0.6 is 24.0 Å². The molecule has 1 aliphatic rings. The van der Waals surface area contributed by atoms with Crippen molar-refractivity contribution in [3.63, 3.8) is 0 Å². The average Bonchev–Trinajstić information content (AvgIpc) is 2.50. The molecular formula is C16H16N2O2S2. The Bertz CT molecular complexity index is 651. The summed E-state index contributed by atoms with van der Waals surface area (Å²) in [5.74, 6) is 0.123. The predicted molar refractivity (Wildman–Crippen MR) is 93.5 cm³/mol. The first kappa shape index (κ1) is 16.5. The highest BCUT2D eigenvalue weighted by atomic mass is 32.2. The number of carbonyl (C=O) groups excluding carboxylic acids is 2. The number of hydrogen-bond acceptors (Lipinski definition) is 4. The van der Waals surface area contributed by atoms with Crippen molar-refractivity contribution in [1.29, 1.82) is 0 Å². The molecule has 1 aliphatic heterocycles. The summed E-state index contributed by atoms with van der Waals surface area (Å²) in [4.78, 5) is 26.8. The standard InChI is InChI=1S/C16H16N2O2S2/c1-3-9-18-15(20)13(14(19)17-16(18)21)10-11-5-7-12(8-6-11)22-4-2/h3,5-8,10H,1,4,9H2,2H3,(H,17,19,21)/b13-10+. The molecule has 0 radical (unpaired) electrons. The van der Waals surface area contributed by atoms with Crippen LogP contribution in [0.2, 0.25) is 0 Å². The van der Waals surface area contributed by atoms with E-state index in [1.54, 1.807) is 23.9 Å². The number of hydrogen-bond donors (Lipinski definition) is 1. The van der Waals surface area contributed by atoms with Crippen molar-refractivity contribution < 1.29 is 9.59 Å². The third kappa shape index (κ3) is 3.64. The minimum atomic E-state index is -0.470. The van der Waals surface area contributed by atoms with E-state index in [-0.39, 0.29) is 17.2 Å². The smallest absolute Gasteiger partial charge is 0.265 e. The van der Waals surface area contributed by atoms with Crippen molar-refractivity contribution in [1.82, 2.24) is 10.2 Å². The second-order valence-electron chi connectivity index (χ2n) is 4.52. The quantitative estimate of drug-likeness (QED) is 0.296. The minimum absolute atomic E-state index is 0.0753. The molecule has 1 heterocycles. The summed E-state index contributed by atoms with van der Waals surface area (Å²) in [5.41, 5.74) is 0.872. The number of carbonyl (C=O) groups is 2. The van der Waals surface area contributed by atoms with Crippen LogP contribution in [0.15, 0.2) is 47.4 Å². The van der Waals surface area contributed by atoms with Crippen LogP contribution < -0.4 is 5.32 Å². The molecule has 0 bridgehead atoms. The number of nitrogens with zero attached hydrogens (tertiary/aromatic N) is 1. The van der Waals surface area contributed by atoms with Crippen molar-refractivity contribution in [2.24, 2.45) is 0 Å². The second-order valence-corrected chi connectivity index (χ2v) is 6.25. The molecule has 2 amide bonds. The van der Waals surface area contributed by atoms with Crippen LogP contribution in [0.4, 0.5) is 0 Å². The number of thioether (sulfide) groups is 1.